The molecule has 0 saturated heterocycles. The summed E-state index contributed by atoms with van der Waals surface area (Å²) in [5.74, 6) is 0. The molecular weight excluding hydrogens is 148 g/mol. The Morgan fingerprint density at radius 2 is 1.83 bits per heavy atom. The van der Waals surface area contributed by atoms with Crippen molar-refractivity contribution in [3.63, 3.8) is 0 Å². The lowest BCUT2D eigenvalue weighted by molar-refractivity contribution is -0.105. The predicted octanol–water partition coefficient (Wildman–Crippen LogP) is 3.49. The molecule has 0 saturated carbocycles. The van der Waals surface area contributed by atoms with Crippen molar-refractivity contribution in [3.8, 4) is 0 Å². The molecule has 0 aromatic rings. The van der Waals surface area contributed by atoms with Gasteiger partial charge in [-0.15, -0.1) is 0 Å². The van der Waals surface area contributed by atoms with E-state index in [0.717, 1.165) is 31.1 Å². The monoisotopic (exact) mass is 168 g/mol. The lowest BCUT2D eigenvalue weighted by Gasteiger charge is -2.06. The van der Waals surface area contributed by atoms with Crippen LogP contribution in [0.2, 0.25) is 0 Å². The Morgan fingerprint density at radius 3 is 2.17 bits per heavy atom. The number of hydrogen-bond donors (Lipinski definition) is 0. The van der Waals surface area contributed by atoms with Gasteiger partial charge in [-0.25, -0.2) is 0 Å². The Kier molecular flexibility index (Phi) is 6.73. The SMILES string of the molecule is CCCC/C(CC)=C(/C=O)CC. The number of rotatable bonds is 6. The Labute approximate surface area is 75.9 Å². The van der Waals surface area contributed by atoms with Gasteiger partial charge in [-0.3, -0.25) is 4.79 Å². The highest BCUT2D eigenvalue weighted by Crippen LogP contribution is 2.16. The van der Waals surface area contributed by atoms with Gasteiger partial charge < -0.3 is 0 Å². The van der Waals surface area contributed by atoms with E-state index in [4.69, 9.17) is 0 Å². The fourth-order valence-electron chi connectivity index (χ4n) is 1.37. The van der Waals surface area contributed by atoms with Gasteiger partial charge in [0.2, 0.25) is 0 Å². The molecule has 0 spiro atoms. The molecule has 0 heterocycles. The lowest BCUT2D eigenvalue weighted by atomic mass is 9.99. The minimum atomic E-state index is 0.885. The Hall–Kier alpha value is -0.590. The van der Waals surface area contributed by atoms with Gasteiger partial charge in [-0.05, 0) is 31.3 Å². The van der Waals surface area contributed by atoms with Crippen molar-refractivity contribution in [2.45, 2.75) is 52.9 Å². The van der Waals surface area contributed by atoms with Crippen LogP contribution < -0.4 is 0 Å². The summed E-state index contributed by atoms with van der Waals surface area (Å²) < 4.78 is 0. The molecule has 0 fully saturated rings. The largest absolute Gasteiger partial charge is 0.298 e. The van der Waals surface area contributed by atoms with Crippen LogP contribution in [-0.4, -0.2) is 6.29 Å². The summed E-state index contributed by atoms with van der Waals surface area (Å²) in [5.41, 5.74) is 2.38. The average Bonchev–Trinajstić information content (AvgIpc) is 2.12. The van der Waals surface area contributed by atoms with E-state index in [9.17, 15) is 4.79 Å². The molecule has 0 aliphatic carbocycles. The molecule has 0 bridgehead atoms. The van der Waals surface area contributed by atoms with Crippen molar-refractivity contribution < 1.29 is 4.79 Å². The van der Waals surface area contributed by atoms with E-state index in [-0.39, 0.29) is 0 Å². The number of hydrogen-bond acceptors (Lipinski definition) is 1. The van der Waals surface area contributed by atoms with Crippen LogP contribution in [0.3, 0.4) is 0 Å². The third-order valence-electron chi connectivity index (χ3n) is 2.24. The molecule has 0 amide bonds. The summed E-state index contributed by atoms with van der Waals surface area (Å²) >= 11 is 0. The zero-order valence-electron chi connectivity index (χ0n) is 8.52. The summed E-state index contributed by atoms with van der Waals surface area (Å²) in [7, 11) is 0. The average molecular weight is 168 g/mol. The van der Waals surface area contributed by atoms with Crippen LogP contribution in [-0.2, 0) is 4.79 Å². The molecule has 0 aromatic heterocycles. The maximum Gasteiger partial charge on any atom is 0.145 e. The third-order valence-corrected chi connectivity index (χ3v) is 2.24. The van der Waals surface area contributed by atoms with E-state index >= 15 is 0 Å². The molecule has 0 aliphatic rings. The summed E-state index contributed by atoms with van der Waals surface area (Å²) in [6.45, 7) is 6.36. The molecule has 0 N–H and O–H groups in total. The number of aldehydes is 1. The molecule has 1 heteroatoms. The minimum Gasteiger partial charge on any atom is -0.298 e. The van der Waals surface area contributed by atoms with Crippen LogP contribution in [0.1, 0.15) is 52.9 Å². The summed E-state index contributed by atoms with van der Waals surface area (Å²) in [5, 5.41) is 0. The van der Waals surface area contributed by atoms with Crippen molar-refractivity contribution in [1.82, 2.24) is 0 Å². The first-order valence-electron chi connectivity index (χ1n) is 4.96. The van der Waals surface area contributed by atoms with Gasteiger partial charge in [0.15, 0.2) is 0 Å². The first kappa shape index (κ1) is 11.4. The Balaban J connectivity index is 4.24. The fourth-order valence-corrected chi connectivity index (χ4v) is 1.37. The molecule has 0 aromatic carbocycles. The van der Waals surface area contributed by atoms with E-state index in [1.54, 1.807) is 0 Å². The number of unbranched alkanes of at least 4 members (excludes halogenated alkanes) is 1. The highest BCUT2D eigenvalue weighted by atomic mass is 16.1. The molecular formula is C11H20O. The maximum atomic E-state index is 10.6. The summed E-state index contributed by atoms with van der Waals surface area (Å²) in [6.07, 6.45) is 6.46. The van der Waals surface area contributed by atoms with Crippen LogP contribution in [0.5, 0.6) is 0 Å². The van der Waals surface area contributed by atoms with Crippen molar-refractivity contribution in [1.29, 1.82) is 0 Å². The molecule has 1 nitrogen and oxygen atoms in total. The van der Waals surface area contributed by atoms with E-state index in [2.05, 4.69) is 13.8 Å². The molecule has 0 atom stereocenters. The molecule has 70 valence electrons. The number of carbonyl (C=O) groups is 1. The third kappa shape index (κ3) is 3.70. The van der Waals surface area contributed by atoms with E-state index in [1.165, 1.54) is 18.4 Å². The fraction of sp³-hybridized carbons (Fsp3) is 0.727. The second kappa shape index (κ2) is 7.08. The highest BCUT2D eigenvalue weighted by molar-refractivity contribution is 5.74. The van der Waals surface area contributed by atoms with Gasteiger partial charge >= 0.3 is 0 Å². The van der Waals surface area contributed by atoms with Crippen LogP contribution in [0, 0.1) is 0 Å². The van der Waals surface area contributed by atoms with Gasteiger partial charge in [0.05, 0.1) is 0 Å². The van der Waals surface area contributed by atoms with Gasteiger partial charge in [0.1, 0.15) is 6.29 Å². The van der Waals surface area contributed by atoms with Crippen LogP contribution in [0.15, 0.2) is 11.1 Å². The topological polar surface area (TPSA) is 17.1 Å². The lowest BCUT2D eigenvalue weighted by Crippen LogP contribution is -1.92. The number of allylic oxidation sites excluding steroid dienone is 2. The van der Waals surface area contributed by atoms with Gasteiger partial charge in [0.25, 0.3) is 0 Å². The van der Waals surface area contributed by atoms with E-state index in [1.807, 2.05) is 6.92 Å². The van der Waals surface area contributed by atoms with Crippen molar-refractivity contribution in [2.24, 2.45) is 0 Å². The summed E-state index contributed by atoms with van der Waals surface area (Å²) in [6, 6.07) is 0. The van der Waals surface area contributed by atoms with Gasteiger partial charge in [0, 0.05) is 0 Å². The van der Waals surface area contributed by atoms with Crippen LogP contribution >= 0.6 is 0 Å². The quantitative estimate of drug-likeness (QED) is 0.438. The van der Waals surface area contributed by atoms with Crippen molar-refractivity contribution >= 4 is 6.29 Å². The normalized spacial score (nSPS) is 12.6. The van der Waals surface area contributed by atoms with Crippen LogP contribution in [0.25, 0.3) is 0 Å². The Bertz CT molecular complexity index is 156. The zero-order valence-corrected chi connectivity index (χ0v) is 8.52. The zero-order chi connectivity index (χ0) is 9.40. The molecule has 0 radical (unpaired) electrons. The minimum absolute atomic E-state index is 0.885. The smallest absolute Gasteiger partial charge is 0.145 e. The highest BCUT2D eigenvalue weighted by Gasteiger charge is 2.01. The van der Waals surface area contributed by atoms with E-state index in [0.29, 0.717) is 0 Å². The molecule has 12 heavy (non-hydrogen) atoms. The standard InChI is InChI=1S/C11H20O/c1-4-7-8-10(5-2)11(6-3)9-12/h9H,4-8H2,1-3H3/b11-10+. The maximum absolute atomic E-state index is 10.6. The predicted molar refractivity (Wildman–Crippen MR) is 53.2 cm³/mol. The second-order valence-electron chi connectivity index (χ2n) is 3.06. The first-order valence-corrected chi connectivity index (χ1v) is 4.96. The van der Waals surface area contributed by atoms with Gasteiger partial charge in [-0.2, -0.15) is 0 Å². The van der Waals surface area contributed by atoms with E-state index < -0.39 is 0 Å². The number of carbonyl (C=O) groups excluding carboxylic acids is 1. The molecule has 0 unspecified atom stereocenters. The van der Waals surface area contributed by atoms with Crippen molar-refractivity contribution in [3.05, 3.63) is 11.1 Å². The molecule has 0 aliphatic heterocycles. The van der Waals surface area contributed by atoms with Gasteiger partial charge in [-0.1, -0.05) is 32.8 Å². The second-order valence-corrected chi connectivity index (χ2v) is 3.06. The summed E-state index contributed by atoms with van der Waals surface area (Å²) in [4.78, 5) is 10.6. The molecule has 0 rings (SSSR count). The van der Waals surface area contributed by atoms with Crippen molar-refractivity contribution in [2.75, 3.05) is 0 Å². The van der Waals surface area contributed by atoms with Crippen LogP contribution in [0.4, 0.5) is 0 Å². The first-order chi connectivity index (χ1) is 5.79. The Morgan fingerprint density at radius 1 is 1.17 bits per heavy atom.